The van der Waals surface area contributed by atoms with Gasteiger partial charge in [0.15, 0.2) is 0 Å². The van der Waals surface area contributed by atoms with Gasteiger partial charge in [0.1, 0.15) is 17.2 Å². The Morgan fingerprint density at radius 2 is 1.72 bits per heavy atom. The minimum Gasteiger partial charge on any atom is -0.494 e. The van der Waals surface area contributed by atoms with Crippen molar-refractivity contribution in [3.8, 4) is 17.4 Å². The number of ether oxygens (including phenoxy) is 2. The summed E-state index contributed by atoms with van der Waals surface area (Å²) in [4.78, 5) is 8.21. The van der Waals surface area contributed by atoms with Crippen molar-refractivity contribution >= 4 is 0 Å². The molecule has 0 aliphatic rings. The van der Waals surface area contributed by atoms with Crippen LogP contribution in [-0.2, 0) is 6.54 Å². The number of hydrogen-bond acceptors (Lipinski definition) is 5. The lowest BCUT2D eigenvalue weighted by Crippen LogP contribution is -2.03. The molecule has 0 aliphatic heterocycles. The minimum absolute atomic E-state index is 0.292. The first-order valence-electron chi connectivity index (χ1n) is 5.74. The Morgan fingerprint density at radius 1 is 1.06 bits per heavy atom. The highest BCUT2D eigenvalue weighted by Gasteiger charge is 2.05. The Hall–Kier alpha value is -2.14. The summed E-state index contributed by atoms with van der Waals surface area (Å²) in [6.07, 6.45) is 3.16. The summed E-state index contributed by atoms with van der Waals surface area (Å²) in [6, 6.07) is 7.33. The highest BCUT2D eigenvalue weighted by Crippen LogP contribution is 2.23. The van der Waals surface area contributed by atoms with Gasteiger partial charge in [0, 0.05) is 18.9 Å². The van der Waals surface area contributed by atoms with E-state index < -0.39 is 0 Å². The van der Waals surface area contributed by atoms with E-state index in [1.165, 1.54) is 0 Å². The van der Waals surface area contributed by atoms with Crippen molar-refractivity contribution in [2.75, 3.05) is 6.61 Å². The molecule has 5 nitrogen and oxygen atoms in total. The highest BCUT2D eigenvalue weighted by atomic mass is 16.5. The fourth-order valence-electron chi connectivity index (χ4n) is 1.46. The summed E-state index contributed by atoms with van der Waals surface area (Å²) in [6.45, 7) is 2.87. The second kappa shape index (κ2) is 5.97. The Bertz CT molecular complexity index is 500. The summed E-state index contributed by atoms with van der Waals surface area (Å²) in [5.41, 5.74) is 6.20. The van der Waals surface area contributed by atoms with Crippen LogP contribution in [0, 0.1) is 0 Å². The summed E-state index contributed by atoms with van der Waals surface area (Å²) < 4.78 is 11.0. The fourth-order valence-corrected chi connectivity index (χ4v) is 1.46. The molecule has 2 aromatic rings. The molecule has 18 heavy (non-hydrogen) atoms. The molecule has 0 atom stereocenters. The first-order valence-corrected chi connectivity index (χ1v) is 5.74. The van der Waals surface area contributed by atoms with Gasteiger partial charge in [0.05, 0.1) is 6.61 Å². The van der Waals surface area contributed by atoms with Gasteiger partial charge >= 0.3 is 0 Å². The van der Waals surface area contributed by atoms with Crippen molar-refractivity contribution in [1.29, 1.82) is 0 Å². The van der Waals surface area contributed by atoms with Gasteiger partial charge in [-0.2, -0.15) is 0 Å². The average Bonchev–Trinajstić information content (AvgIpc) is 2.42. The third-order valence-corrected chi connectivity index (χ3v) is 2.28. The maximum atomic E-state index is 5.62. The molecule has 2 rings (SSSR count). The zero-order valence-corrected chi connectivity index (χ0v) is 10.2. The lowest BCUT2D eigenvalue weighted by molar-refractivity contribution is 0.339. The molecule has 0 unspecified atom stereocenters. The largest absolute Gasteiger partial charge is 0.494 e. The number of hydrogen-bond donors (Lipinski definition) is 1. The number of aromatic nitrogens is 2. The van der Waals surface area contributed by atoms with Crippen LogP contribution in [0.25, 0.3) is 0 Å². The number of nitrogens with zero attached hydrogens (tertiary/aromatic N) is 2. The molecular weight excluding hydrogens is 230 g/mol. The molecule has 0 fully saturated rings. The average molecular weight is 245 g/mol. The van der Waals surface area contributed by atoms with Gasteiger partial charge in [-0.05, 0) is 31.2 Å². The molecule has 5 heteroatoms. The van der Waals surface area contributed by atoms with Gasteiger partial charge in [-0.1, -0.05) is 0 Å². The summed E-state index contributed by atoms with van der Waals surface area (Å²) in [7, 11) is 0. The zero-order valence-electron chi connectivity index (χ0n) is 10.2. The zero-order chi connectivity index (χ0) is 12.8. The summed E-state index contributed by atoms with van der Waals surface area (Å²) >= 11 is 0. The minimum atomic E-state index is 0.292. The Kier molecular flexibility index (Phi) is 4.09. The van der Waals surface area contributed by atoms with Gasteiger partial charge in [-0.15, -0.1) is 0 Å². The second-order valence-electron chi connectivity index (χ2n) is 3.52. The van der Waals surface area contributed by atoms with Gasteiger partial charge in [-0.25, -0.2) is 4.98 Å². The standard InChI is InChI=1S/C13H15N3O2/c1-2-17-10-3-5-11(6-4-10)18-13-12(9-14)15-7-8-16-13/h3-8H,2,9,14H2,1H3. The Labute approximate surface area is 106 Å². The summed E-state index contributed by atoms with van der Waals surface area (Å²) in [5.74, 6) is 1.92. The van der Waals surface area contributed by atoms with Crippen LogP contribution in [0.2, 0.25) is 0 Å². The maximum absolute atomic E-state index is 5.62. The maximum Gasteiger partial charge on any atom is 0.242 e. The van der Waals surface area contributed by atoms with Crippen molar-refractivity contribution in [1.82, 2.24) is 9.97 Å². The van der Waals surface area contributed by atoms with E-state index in [1.807, 2.05) is 31.2 Å². The molecule has 0 amide bonds. The smallest absolute Gasteiger partial charge is 0.242 e. The normalized spacial score (nSPS) is 10.1. The molecule has 1 heterocycles. The van der Waals surface area contributed by atoms with Gasteiger partial charge < -0.3 is 15.2 Å². The van der Waals surface area contributed by atoms with Gasteiger partial charge in [0.25, 0.3) is 0 Å². The van der Waals surface area contributed by atoms with Crippen LogP contribution in [0.15, 0.2) is 36.7 Å². The Balaban J connectivity index is 2.13. The van der Waals surface area contributed by atoms with Crippen LogP contribution in [0.5, 0.6) is 17.4 Å². The fraction of sp³-hybridized carbons (Fsp3) is 0.231. The topological polar surface area (TPSA) is 70.3 Å². The van der Waals surface area contributed by atoms with E-state index in [-0.39, 0.29) is 0 Å². The van der Waals surface area contributed by atoms with Crippen molar-refractivity contribution in [3.05, 3.63) is 42.4 Å². The number of nitrogens with two attached hydrogens (primary N) is 1. The third-order valence-electron chi connectivity index (χ3n) is 2.28. The molecule has 94 valence electrons. The van der Waals surface area contributed by atoms with E-state index in [9.17, 15) is 0 Å². The van der Waals surface area contributed by atoms with E-state index in [1.54, 1.807) is 12.4 Å². The first kappa shape index (κ1) is 12.3. The second-order valence-corrected chi connectivity index (χ2v) is 3.52. The van der Waals surface area contributed by atoms with Crippen LogP contribution >= 0.6 is 0 Å². The van der Waals surface area contributed by atoms with E-state index in [0.717, 1.165) is 5.75 Å². The van der Waals surface area contributed by atoms with Crippen LogP contribution in [-0.4, -0.2) is 16.6 Å². The molecule has 1 aromatic carbocycles. The van der Waals surface area contributed by atoms with Crippen LogP contribution < -0.4 is 15.2 Å². The molecule has 0 spiro atoms. The highest BCUT2D eigenvalue weighted by molar-refractivity contribution is 5.34. The van der Waals surface area contributed by atoms with Gasteiger partial charge in [0.2, 0.25) is 5.88 Å². The molecule has 0 radical (unpaired) electrons. The van der Waals surface area contributed by atoms with Crippen LogP contribution in [0.3, 0.4) is 0 Å². The van der Waals surface area contributed by atoms with Crippen molar-refractivity contribution < 1.29 is 9.47 Å². The molecule has 2 N–H and O–H groups in total. The third kappa shape index (κ3) is 2.95. The monoisotopic (exact) mass is 245 g/mol. The predicted octanol–water partition coefficient (Wildman–Crippen LogP) is 2.13. The van der Waals surface area contributed by atoms with E-state index >= 15 is 0 Å². The number of benzene rings is 1. The Morgan fingerprint density at radius 3 is 2.39 bits per heavy atom. The molecule has 0 saturated carbocycles. The first-order chi connectivity index (χ1) is 8.83. The molecule has 0 saturated heterocycles. The molecule has 1 aromatic heterocycles. The molecular formula is C13H15N3O2. The lowest BCUT2D eigenvalue weighted by atomic mass is 10.3. The predicted molar refractivity (Wildman–Crippen MR) is 67.6 cm³/mol. The van der Waals surface area contributed by atoms with Crippen LogP contribution in [0.4, 0.5) is 0 Å². The quantitative estimate of drug-likeness (QED) is 0.873. The van der Waals surface area contributed by atoms with Crippen molar-refractivity contribution in [2.45, 2.75) is 13.5 Å². The van der Waals surface area contributed by atoms with E-state index in [0.29, 0.717) is 30.5 Å². The lowest BCUT2D eigenvalue weighted by Gasteiger charge is -2.08. The molecule has 0 bridgehead atoms. The van der Waals surface area contributed by atoms with Crippen LogP contribution in [0.1, 0.15) is 12.6 Å². The number of rotatable bonds is 5. The molecule has 0 aliphatic carbocycles. The van der Waals surface area contributed by atoms with Crippen molar-refractivity contribution in [3.63, 3.8) is 0 Å². The van der Waals surface area contributed by atoms with E-state index in [4.69, 9.17) is 15.2 Å². The van der Waals surface area contributed by atoms with Crippen molar-refractivity contribution in [2.24, 2.45) is 5.73 Å². The summed E-state index contributed by atoms with van der Waals surface area (Å²) in [5, 5.41) is 0. The SMILES string of the molecule is CCOc1ccc(Oc2nccnc2CN)cc1. The van der Waals surface area contributed by atoms with Gasteiger partial charge in [-0.3, -0.25) is 4.98 Å². The van der Waals surface area contributed by atoms with E-state index in [2.05, 4.69) is 9.97 Å².